The standard InChI is InChI=1S/C22H26O6/c1-13-3-7-15(8-4-13)11-17(23)19(25)21(27)22(28)20(26)18(24)12-16-9-5-14(2)6-10-16/h3-10,17-20,23-26H,11-12H2,1-2H3/t17?,18?,19-,20+. The van der Waals surface area contributed by atoms with Crippen LogP contribution in [-0.2, 0) is 22.4 Å². The van der Waals surface area contributed by atoms with Crippen LogP contribution < -0.4 is 0 Å². The van der Waals surface area contributed by atoms with Crippen LogP contribution in [0.25, 0.3) is 0 Å². The number of ketones is 2. The molecular weight excluding hydrogens is 360 g/mol. The van der Waals surface area contributed by atoms with E-state index in [2.05, 4.69) is 0 Å². The largest absolute Gasteiger partial charge is 0.390 e. The van der Waals surface area contributed by atoms with E-state index in [1.165, 1.54) is 0 Å². The molecule has 0 aliphatic rings. The molecule has 4 atom stereocenters. The molecule has 28 heavy (non-hydrogen) atoms. The van der Waals surface area contributed by atoms with E-state index in [9.17, 15) is 30.0 Å². The summed E-state index contributed by atoms with van der Waals surface area (Å²) in [7, 11) is 0. The van der Waals surface area contributed by atoms with Gasteiger partial charge < -0.3 is 20.4 Å². The Labute approximate surface area is 164 Å². The van der Waals surface area contributed by atoms with Crippen LogP contribution >= 0.6 is 0 Å². The molecule has 0 amide bonds. The van der Waals surface area contributed by atoms with Crippen molar-refractivity contribution in [3.05, 3.63) is 70.8 Å². The van der Waals surface area contributed by atoms with Crippen molar-refractivity contribution >= 4 is 11.6 Å². The fraction of sp³-hybridized carbons (Fsp3) is 0.364. The number of carbonyl (C=O) groups excluding carboxylic acids is 2. The number of hydrogen-bond donors (Lipinski definition) is 4. The molecule has 0 aliphatic heterocycles. The zero-order valence-electron chi connectivity index (χ0n) is 15.9. The quantitative estimate of drug-likeness (QED) is 0.471. The van der Waals surface area contributed by atoms with E-state index in [0.717, 1.165) is 11.1 Å². The minimum absolute atomic E-state index is 0.0253. The molecule has 6 heteroatoms. The van der Waals surface area contributed by atoms with Crippen molar-refractivity contribution in [1.82, 2.24) is 0 Å². The van der Waals surface area contributed by atoms with Crippen molar-refractivity contribution in [3.8, 4) is 0 Å². The fourth-order valence-electron chi connectivity index (χ4n) is 2.80. The van der Waals surface area contributed by atoms with Crippen LogP contribution in [0.3, 0.4) is 0 Å². The van der Waals surface area contributed by atoms with Gasteiger partial charge in [-0.25, -0.2) is 0 Å². The molecule has 0 saturated carbocycles. The number of rotatable bonds is 9. The highest BCUT2D eigenvalue weighted by Gasteiger charge is 2.36. The first-order valence-corrected chi connectivity index (χ1v) is 9.10. The summed E-state index contributed by atoms with van der Waals surface area (Å²) in [6.45, 7) is 3.81. The zero-order valence-corrected chi connectivity index (χ0v) is 15.9. The second-order valence-corrected chi connectivity index (χ2v) is 7.13. The SMILES string of the molecule is Cc1ccc(CC(O)[C@H](O)C(=O)C(=O)[C@H](O)C(O)Cc2ccc(C)cc2)cc1. The van der Waals surface area contributed by atoms with Crippen LogP contribution in [0.1, 0.15) is 22.3 Å². The van der Waals surface area contributed by atoms with Gasteiger partial charge in [0.15, 0.2) is 0 Å². The average molecular weight is 386 g/mol. The molecule has 0 saturated heterocycles. The lowest BCUT2D eigenvalue weighted by Gasteiger charge is -2.20. The van der Waals surface area contributed by atoms with E-state index >= 15 is 0 Å². The molecular formula is C22H26O6. The molecule has 2 unspecified atom stereocenters. The number of aliphatic hydroxyl groups is 4. The Bertz CT molecular complexity index is 727. The van der Waals surface area contributed by atoms with Gasteiger partial charge in [0, 0.05) is 12.8 Å². The third kappa shape index (κ3) is 5.81. The van der Waals surface area contributed by atoms with Crippen molar-refractivity contribution in [1.29, 1.82) is 0 Å². The molecule has 2 rings (SSSR count). The van der Waals surface area contributed by atoms with Gasteiger partial charge in [0.05, 0.1) is 12.2 Å². The summed E-state index contributed by atoms with van der Waals surface area (Å²) in [5.41, 5.74) is 3.43. The van der Waals surface area contributed by atoms with Crippen LogP contribution in [0.5, 0.6) is 0 Å². The van der Waals surface area contributed by atoms with E-state index in [-0.39, 0.29) is 12.8 Å². The van der Waals surface area contributed by atoms with Gasteiger partial charge in [0.2, 0.25) is 11.6 Å². The van der Waals surface area contributed by atoms with Gasteiger partial charge in [-0.05, 0) is 25.0 Å². The Morgan fingerprint density at radius 3 is 1.21 bits per heavy atom. The Balaban J connectivity index is 1.95. The first kappa shape index (κ1) is 21.9. The Morgan fingerprint density at radius 1 is 0.643 bits per heavy atom. The molecule has 6 nitrogen and oxygen atoms in total. The summed E-state index contributed by atoms with van der Waals surface area (Å²) in [5, 5.41) is 40.2. The molecule has 0 aliphatic carbocycles. The van der Waals surface area contributed by atoms with Gasteiger partial charge in [0.1, 0.15) is 12.2 Å². The summed E-state index contributed by atoms with van der Waals surface area (Å²) in [6.07, 6.45) is -7.00. The number of hydrogen-bond acceptors (Lipinski definition) is 6. The lowest BCUT2D eigenvalue weighted by molar-refractivity contribution is -0.152. The summed E-state index contributed by atoms with van der Waals surface area (Å²) < 4.78 is 0. The Kier molecular flexibility index (Phi) is 7.60. The van der Waals surface area contributed by atoms with E-state index in [1.807, 2.05) is 38.1 Å². The highest BCUT2D eigenvalue weighted by Crippen LogP contribution is 2.12. The van der Waals surface area contributed by atoms with E-state index in [4.69, 9.17) is 0 Å². The molecule has 2 aromatic rings. The van der Waals surface area contributed by atoms with Crippen molar-refractivity contribution in [3.63, 3.8) is 0 Å². The summed E-state index contributed by atoms with van der Waals surface area (Å²) in [6, 6.07) is 14.3. The van der Waals surface area contributed by atoms with E-state index in [0.29, 0.717) is 11.1 Å². The maximum absolute atomic E-state index is 12.1. The number of Topliss-reactive ketones (excluding diaryl/α,β-unsaturated/α-hetero) is 2. The monoisotopic (exact) mass is 386 g/mol. The van der Waals surface area contributed by atoms with Crippen molar-refractivity contribution in [2.75, 3.05) is 0 Å². The van der Waals surface area contributed by atoms with Crippen LogP contribution in [0.15, 0.2) is 48.5 Å². The summed E-state index contributed by atoms with van der Waals surface area (Å²) in [5.74, 6) is -2.65. The minimum atomic E-state index is -1.98. The summed E-state index contributed by atoms with van der Waals surface area (Å²) >= 11 is 0. The lowest BCUT2D eigenvalue weighted by atomic mass is 9.94. The smallest absolute Gasteiger partial charge is 0.232 e. The molecule has 0 bridgehead atoms. The molecule has 0 radical (unpaired) electrons. The Hall–Kier alpha value is -2.38. The molecule has 4 N–H and O–H groups in total. The van der Waals surface area contributed by atoms with Crippen molar-refractivity contribution in [2.45, 2.75) is 51.1 Å². The minimum Gasteiger partial charge on any atom is -0.390 e. The Morgan fingerprint density at radius 2 is 0.929 bits per heavy atom. The topological polar surface area (TPSA) is 115 Å². The number of aliphatic hydroxyl groups excluding tert-OH is 4. The second-order valence-electron chi connectivity index (χ2n) is 7.13. The van der Waals surface area contributed by atoms with E-state index in [1.54, 1.807) is 24.3 Å². The molecule has 0 fully saturated rings. The lowest BCUT2D eigenvalue weighted by Crippen LogP contribution is -2.47. The van der Waals surface area contributed by atoms with Crippen molar-refractivity contribution in [2.24, 2.45) is 0 Å². The molecule has 150 valence electrons. The van der Waals surface area contributed by atoms with Crippen LogP contribution in [0, 0.1) is 13.8 Å². The molecule has 0 heterocycles. The van der Waals surface area contributed by atoms with Gasteiger partial charge in [-0.1, -0.05) is 59.7 Å². The first-order chi connectivity index (χ1) is 13.2. The molecule has 2 aromatic carbocycles. The fourth-order valence-corrected chi connectivity index (χ4v) is 2.80. The molecule has 0 spiro atoms. The number of aryl methyl sites for hydroxylation is 2. The third-order valence-corrected chi connectivity index (χ3v) is 4.64. The maximum Gasteiger partial charge on any atom is 0.232 e. The van der Waals surface area contributed by atoms with Crippen LogP contribution in [0.2, 0.25) is 0 Å². The molecule has 0 aromatic heterocycles. The van der Waals surface area contributed by atoms with Gasteiger partial charge in [0.25, 0.3) is 0 Å². The van der Waals surface area contributed by atoms with Gasteiger partial charge in [-0.3, -0.25) is 9.59 Å². The predicted octanol–water partition coefficient (Wildman–Crippen LogP) is 0.670. The highest BCUT2D eigenvalue weighted by atomic mass is 16.3. The van der Waals surface area contributed by atoms with Gasteiger partial charge >= 0.3 is 0 Å². The zero-order chi connectivity index (χ0) is 20.8. The maximum atomic E-state index is 12.1. The van der Waals surface area contributed by atoms with Crippen LogP contribution in [0.4, 0.5) is 0 Å². The van der Waals surface area contributed by atoms with Crippen LogP contribution in [-0.4, -0.2) is 56.4 Å². The van der Waals surface area contributed by atoms with E-state index < -0.39 is 36.0 Å². The highest BCUT2D eigenvalue weighted by molar-refractivity contribution is 6.40. The summed E-state index contributed by atoms with van der Waals surface area (Å²) in [4.78, 5) is 24.3. The average Bonchev–Trinajstić information content (AvgIpc) is 2.69. The van der Waals surface area contributed by atoms with Gasteiger partial charge in [-0.2, -0.15) is 0 Å². The van der Waals surface area contributed by atoms with Gasteiger partial charge in [-0.15, -0.1) is 0 Å². The third-order valence-electron chi connectivity index (χ3n) is 4.64. The normalized spacial score (nSPS) is 15.5. The number of benzene rings is 2. The first-order valence-electron chi connectivity index (χ1n) is 9.10. The number of carbonyl (C=O) groups is 2. The van der Waals surface area contributed by atoms with Crippen molar-refractivity contribution < 1.29 is 30.0 Å². The predicted molar refractivity (Wildman–Crippen MR) is 104 cm³/mol. The second kappa shape index (κ2) is 9.71.